The molecular weight excluding hydrogens is 468 g/mol. The number of ether oxygens (including phenoxy) is 3. The van der Waals surface area contributed by atoms with Crippen molar-refractivity contribution in [1.82, 2.24) is 30.7 Å². The van der Waals surface area contributed by atoms with Gasteiger partial charge >= 0.3 is 0 Å². The number of carbonyl (C=O) groups is 1. The third kappa shape index (κ3) is 5.09. The van der Waals surface area contributed by atoms with E-state index in [1.165, 1.54) is 18.0 Å². The van der Waals surface area contributed by atoms with Gasteiger partial charge in [-0.1, -0.05) is 12.1 Å². The Morgan fingerprint density at radius 2 is 1.92 bits per heavy atom. The second-order valence-electron chi connectivity index (χ2n) is 7.35. The van der Waals surface area contributed by atoms with Gasteiger partial charge in [0.15, 0.2) is 5.69 Å². The van der Waals surface area contributed by atoms with Crippen molar-refractivity contribution in [3.8, 4) is 34.3 Å². The molecule has 0 spiro atoms. The molecule has 186 valence electrons. The first kappa shape index (κ1) is 24.2. The van der Waals surface area contributed by atoms with Gasteiger partial charge in [0, 0.05) is 17.2 Å². The van der Waals surface area contributed by atoms with E-state index >= 15 is 0 Å². The molecule has 0 aliphatic rings. The Hall–Kier alpha value is -4.94. The summed E-state index contributed by atoms with van der Waals surface area (Å²) in [5, 5.41) is 19.5. The first-order chi connectivity index (χ1) is 17.5. The molecular formula is C23H24N8O5. The predicted molar refractivity (Wildman–Crippen MR) is 129 cm³/mol. The Morgan fingerprint density at radius 1 is 1.14 bits per heavy atom. The number of carbonyl (C=O) groups excluding carboxylic acids is 1. The van der Waals surface area contributed by atoms with Crippen LogP contribution in [0.2, 0.25) is 0 Å². The fraction of sp³-hybridized carbons (Fsp3) is 0.217. The zero-order valence-corrected chi connectivity index (χ0v) is 19.8. The fourth-order valence-electron chi connectivity index (χ4n) is 3.25. The molecule has 36 heavy (non-hydrogen) atoms. The van der Waals surface area contributed by atoms with Crippen LogP contribution >= 0.6 is 0 Å². The Kier molecular flexibility index (Phi) is 7.39. The molecule has 0 radical (unpaired) electrons. The molecule has 2 heterocycles. The highest BCUT2D eigenvalue weighted by Gasteiger charge is 2.25. The van der Waals surface area contributed by atoms with E-state index < -0.39 is 5.91 Å². The van der Waals surface area contributed by atoms with Crippen LogP contribution in [-0.4, -0.2) is 58.3 Å². The zero-order valence-electron chi connectivity index (χ0n) is 19.8. The molecule has 1 amide bonds. The first-order valence-corrected chi connectivity index (χ1v) is 10.9. The van der Waals surface area contributed by atoms with Gasteiger partial charge in [0.25, 0.3) is 5.91 Å². The molecule has 0 unspecified atom stereocenters. The van der Waals surface area contributed by atoms with Crippen LogP contribution < -0.4 is 25.4 Å². The molecule has 0 bridgehead atoms. The van der Waals surface area contributed by atoms with Crippen molar-refractivity contribution < 1.29 is 23.6 Å². The number of hydrogen-bond donors (Lipinski definition) is 2. The minimum absolute atomic E-state index is 0.0133. The quantitative estimate of drug-likeness (QED) is 0.248. The van der Waals surface area contributed by atoms with E-state index in [9.17, 15) is 4.79 Å². The summed E-state index contributed by atoms with van der Waals surface area (Å²) in [6.07, 6.45) is 2.32. The Morgan fingerprint density at radius 3 is 2.58 bits per heavy atom. The number of nitrogens with one attached hydrogen (secondary N) is 1. The molecule has 4 rings (SSSR count). The summed E-state index contributed by atoms with van der Waals surface area (Å²) in [6, 6.07) is 12.3. The number of benzene rings is 2. The van der Waals surface area contributed by atoms with Crippen LogP contribution in [0.25, 0.3) is 17.1 Å². The maximum absolute atomic E-state index is 13.1. The summed E-state index contributed by atoms with van der Waals surface area (Å²) in [5.41, 5.74) is 9.86. The van der Waals surface area contributed by atoms with Gasteiger partial charge in [-0.15, -0.1) is 5.10 Å². The number of methoxy groups -OCH3 is 2. The van der Waals surface area contributed by atoms with E-state index in [2.05, 4.69) is 31.2 Å². The molecule has 0 atom stereocenters. The fourth-order valence-corrected chi connectivity index (χ4v) is 3.25. The van der Waals surface area contributed by atoms with Crippen LogP contribution in [0.3, 0.4) is 0 Å². The van der Waals surface area contributed by atoms with Gasteiger partial charge in [-0.3, -0.25) is 4.79 Å². The van der Waals surface area contributed by atoms with Crippen molar-refractivity contribution in [2.75, 3.05) is 26.6 Å². The number of hydrazone groups is 1. The minimum atomic E-state index is -0.610. The third-order valence-electron chi connectivity index (χ3n) is 4.99. The van der Waals surface area contributed by atoms with E-state index in [-0.39, 0.29) is 17.3 Å². The zero-order chi connectivity index (χ0) is 25.5. The van der Waals surface area contributed by atoms with Crippen LogP contribution in [0.4, 0.5) is 5.82 Å². The standard InChI is InChI=1S/C23H24N8O5/c1-4-11-35-16-8-5-14(6-9-16)20-19(26-30-31(20)22-21(24)28-36-29-22)23(32)27-25-13-15-7-10-17(33-2)12-18(15)34-3/h5-10,12-13H,4,11H2,1-3H3,(H2,24,28)(H,27,32)/b25-13-. The van der Waals surface area contributed by atoms with Crippen molar-refractivity contribution >= 4 is 17.9 Å². The van der Waals surface area contributed by atoms with Crippen molar-refractivity contribution in [2.24, 2.45) is 5.10 Å². The lowest BCUT2D eigenvalue weighted by Gasteiger charge is -2.08. The molecule has 2 aromatic heterocycles. The number of anilines is 1. The van der Waals surface area contributed by atoms with Crippen molar-refractivity contribution in [1.29, 1.82) is 0 Å². The maximum Gasteiger partial charge on any atom is 0.294 e. The molecule has 13 heteroatoms. The molecule has 0 aliphatic heterocycles. The monoisotopic (exact) mass is 492 g/mol. The van der Waals surface area contributed by atoms with E-state index in [1.807, 2.05) is 6.92 Å². The van der Waals surface area contributed by atoms with Gasteiger partial charge < -0.3 is 19.9 Å². The molecule has 4 aromatic rings. The second-order valence-corrected chi connectivity index (χ2v) is 7.35. The summed E-state index contributed by atoms with van der Waals surface area (Å²) >= 11 is 0. The molecule has 13 nitrogen and oxygen atoms in total. The Labute approximate surface area is 205 Å². The van der Waals surface area contributed by atoms with Crippen molar-refractivity contribution in [3.05, 3.63) is 53.7 Å². The molecule has 2 aromatic carbocycles. The molecule has 0 fully saturated rings. The van der Waals surface area contributed by atoms with Gasteiger partial charge in [0.05, 0.1) is 27.0 Å². The predicted octanol–water partition coefficient (Wildman–Crippen LogP) is 2.47. The smallest absolute Gasteiger partial charge is 0.294 e. The highest BCUT2D eigenvalue weighted by atomic mass is 16.6. The van der Waals surface area contributed by atoms with E-state index in [0.29, 0.717) is 40.7 Å². The van der Waals surface area contributed by atoms with Gasteiger partial charge in [0.1, 0.15) is 22.9 Å². The summed E-state index contributed by atoms with van der Waals surface area (Å²) < 4.78 is 22.2. The lowest BCUT2D eigenvalue weighted by molar-refractivity contribution is 0.0950. The van der Waals surface area contributed by atoms with Crippen LogP contribution in [0.1, 0.15) is 29.4 Å². The maximum atomic E-state index is 13.1. The minimum Gasteiger partial charge on any atom is -0.497 e. The topological polar surface area (TPSA) is 165 Å². The SMILES string of the molecule is CCCOc1ccc(-c2c(C(=O)N/N=C\c3ccc(OC)cc3OC)nnn2-c2nonc2N)cc1. The molecule has 3 N–H and O–H groups in total. The van der Waals surface area contributed by atoms with E-state index in [0.717, 1.165) is 6.42 Å². The van der Waals surface area contributed by atoms with Gasteiger partial charge in [-0.25, -0.2) is 10.1 Å². The van der Waals surface area contributed by atoms with Crippen molar-refractivity contribution in [2.45, 2.75) is 13.3 Å². The average Bonchev–Trinajstić information content (AvgIpc) is 3.53. The normalized spacial score (nSPS) is 11.0. The number of nitrogens with zero attached hydrogens (tertiary/aromatic N) is 6. The number of hydrogen-bond acceptors (Lipinski definition) is 11. The first-order valence-electron chi connectivity index (χ1n) is 10.9. The molecule has 0 saturated heterocycles. The molecule has 0 saturated carbocycles. The highest BCUT2D eigenvalue weighted by molar-refractivity contribution is 5.99. The number of nitrogens with two attached hydrogens (primary N) is 1. The van der Waals surface area contributed by atoms with Gasteiger partial charge in [-0.05, 0) is 53.1 Å². The van der Waals surface area contributed by atoms with Crippen molar-refractivity contribution in [3.63, 3.8) is 0 Å². The molecule has 0 aliphatic carbocycles. The largest absolute Gasteiger partial charge is 0.497 e. The van der Waals surface area contributed by atoms with Gasteiger partial charge in [-0.2, -0.15) is 9.78 Å². The van der Waals surface area contributed by atoms with E-state index in [4.69, 9.17) is 24.6 Å². The third-order valence-corrected chi connectivity index (χ3v) is 4.99. The number of amides is 1. The average molecular weight is 492 g/mol. The Bertz CT molecular complexity index is 1360. The summed E-state index contributed by atoms with van der Waals surface area (Å²) in [7, 11) is 3.08. The number of aromatic nitrogens is 5. The van der Waals surface area contributed by atoms with Gasteiger partial charge in [0.2, 0.25) is 11.6 Å². The van der Waals surface area contributed by atoms with Crippen LogP contribution in [0.5, 0.6) is 17.2 Å². The van der Waals surface area contributed by atoms with Crippen LogP contribution in [0, 0.1) is 0 Å². The summed E-state index contributed by atoms with van der Waals surface area (Å²) in [6.45, 7) is 2.61. The Balaban J connectivity index is 1.64. The lowest BCUT2D eigenvalue weighted by Crippen LogP contribution is -2.19. The van der Waals surface area contributed by atoms with Crippen LogP contribution in [-0.2, 0) is 0 Å². The number of nitrogen functional groups attached to an aromatic ring is 1. The lowest BCUT2D eigenvalue weighted by atomic mass is 10.1. The van der Waals surface area contributed by atoms with Crippen LogP contribution in [0.15, 0.2) is 52.2 Å². The second kappa shape index (κ2) is 11.0. The summed E-state index contributed by atoms with van der Waals surface area (Å²) in [4.78, 5) is 13.1. The summed E-state index contributed by atoms with van der Waals surface area (Å²) in [5.74, 6) is 1.31. The highest BCUT2D eigenvalue weighted by Crippen LogP contribution is 2.28. The van der Waals surface area contributed by atoms with E-state index in [1.54, 1.807) is 49.6 Å². The number of rotatable bonds is 10.